The Morgan fingerprint density at radius 2 is 2.00 bits per heavy atom. The zero-order valence-corrected chi connectivity index (χ0v) is 5.79. The van der Waals surface area contributed by atoms with E-state index in [0.29, 0.717) is 6.61 Å². The Labute approximate surface area is 60.6 Å². The minimum Gasteiger partial charge on any atom is -0.396 e. The molecule has 0 aromatic rings. The molecule has 3 heteroatoms. The molecule has 0 aromatic carbocycles. The number of hydrogen-bond donors (Lipinski definition) is 2. The quantitative estimate of drug-likeness (QED) is 0.394. The van der Waals surface area contributed by atoms with Crippen LogP contribution in [-0.4, -0.2) is 36.6 Å². The van der Waals surface area contributed by atoms with E-state index in [1.165, 1.54) is 0 Å². The van der Waals surface area contributed by atoms with Gasteiger partial charge in [-0.2, -0.15) is 0 Å². The van der Waals surface area contributed by atoms with Crippen LogP contribution < -0.4 is 0 Å². The van der Waals surface area contributed by atoms with Crippen LogP contribution in [0.15, 0.2) is 0 Å². The lowest BCUT2D eigenvalue weighted by molar-refractivity contribution is 0.0590. The highest BCUT2D eigenvalue weighted by Crippen LogP contribution is 1.93. The van der Waals surface area contributed by atoms with Gasteiger partial charge in [0.05, 0.1) is 19.8 Å². The van der Waals surface area contributed by atoms with E-state index in [9.17, 15) is 0 Å². The lowest BCUT2D eigenvalue weighted by Crippen LogP contribution is -2.17. The first-order chi connectivity index (χ1) is 4.85. The van der Waals surface area contributed by atoms with Crippen LogP contribution in [0, 0.1) is 18.3 Å². The van der Waals surface area contributed by atoms with Crippen LogP contribution in [0.1, 0.15) is 0 Å². The van der Waals surface area contributed by atoms with E-state index in [1.54, 1.807) is 0 Å². The second-order valence-corrected chi connectivity index (χ2v) is 1.95. The molecule has 0 heterocycles. The summed E-state index contributed by atoms with van der Waals surface area (Å²) in [6.07, 6.45) is 4.90. The maximum absolute atomic E-state index is 8.53. The molecule has 0 radical (unpaired) electrons. The van der Waals surface area contributed by atoms with Crippen LogP contribution >= 0.6 is 0 Å². The fraction of sp³-hybridized carbons (Fsp3) is 0.714. The Kier molecular flexibility index (Phi) is 6.19. The lowest BCUT2D eigenvalue weighted by Gasteiger charge is -2.08. The molecular formula is C7H12O3. The highest BCUT2D eigenvalue weighted by atomic mass is 16.5. The van der Waals surface area contributed by atoms with Crippen LogP contribution in [0.2, 0.25) is 0 Å². The summed E-state index contributed by atoms with van der Waals surface area (Å²) in [6.45, 7) is 0.413. The summed E-state index contributed by atoms with van der Waals surface area (Å²) in [5.74, 6) is 2.09. The highest BCUT2D eigenvalue weighted by Gasteiger charge is 2.03. The molecule has 2 N–H and O–H groups in total. The molecule has 0 saturated heterocycles. The molecule has 0 saturated carbocycles. The van der Waals surface area contributed by atoms with E-state index in [1.807, 2.05) is 0 Å². The topological polar surface area (TPSA) is 49.7 Å². The van der Waals surface area contributed by atoms with Gasteiger partial charge in [-0.25, -0.2) is 0 Å². The molecule has 3 nitrogen and oxygen atoms in total. The number of aliphatic hydroxyl groups is 2. The summed E-state index contributed by atoms with van der Waals surface area (Å²) in [5.41, 5.74) is 0. The summed E-state index contributed by atoms with van der Waals surface area (Å²) in [6, 6.07) is 0. The van der Waals surface area contributed by atoms with E-state index in [-0.39, 0.29) is 25.7 Å². The van der Waals surface area contributed by atoms with Crippen molar-refractivity contribution in [2.75, 3.05) is 26.4 Å². The Morgan fingerprint density at radius 3 is 2.40 bits per heavy atom. The maximum atomic E-state index is 8.53. The number of terminal acetylenes is 1. The van der Waals surface area contributed by atoms with Crippen molar-refractivity contribution in [2.45, 2.75) is 0 Å². The predicted molar refractivity (Wildman–Crippen MR) is 37.3 cm³/mol. The van der Waals surface area contributed by atoms with Crippen molar-refractivity contribution in [3.8, 4) is 12.3 Å². The number of aliphatic hydroxyl groups excluding tert-OH is 2. The second kappa shape index (κ2) is 6.56. The van der Waals surface area contributed by atoms with Crippen LogP contribution in [0.3, 0.4) is 0 Å². The first-order valence-electron chi connectivity index (χ1n) is 3.08. The Bertz CT molecular complexity index is 102. The SMILES string of the molecule is C#CCOCC(CO)CO. The highest BCUT2D eigenvalue weighted by molar-refractivity contribution is 4.82. The van der Waals surface area contributed by atoms with Crippen molar-refractivity contribution in [3.63, 3.8) is 0 Å². The standard InChI is InChI=1S/C7H12O3/c1-2-3-10-6-7(4-8)5-9/h1,7-9H,3-6H2. The van der Waals surface area contributed by atoms with Crippen molar-refractivity contribution in [2.24, 2.45) is 5.92 Å². The fourth-order valence-corrected chi connectivity index (χ4v) is 0.448. The van der Waals surface area contributed by atoms with Crippen molar-refractivity contribution in [1.29, 1.82) is 0 Å². The van der Waals surface area contributed by atoms with Crippen LogP contribution in [0.5, 0.6) is 0 Å². The number of rotatable bonds is 5. The summed E-state index contributed by atoms with van der Waals surface area (Å²) in [7, 11) is 0. The summed E-state index contributed by atoms with van der Waals surface area (Å²) >= 11 is 0. The lowest BCUT2D eigenvalue weighted by atomic mass is 10.2. The molecule has 0 unspecified atom stereocenters. The zero-order valence-electron chi connectivity index (χ0n) is 5.79. The molecule has 0 aliphatic heterocycles. The third kappa shape index (κ3) is 4.33. The molecule has 0 amide bonds. The van der Waals surface area contributed by atoms with Crippen molar-refractivity contribution in [1.82, 2.24) is 0 Å². The molecule has 0 rings (SSSR count). The van der Waals surface area contributed by atoms with Gasteiger partial charge in [0.1, 0.15) is 6.61 Å². The summed E-state index contributed by atoms with van der Waals surface area (Å²) < 4.78 is 4.87. The Hall–Kier alpha value is -0.560. The minimum atomic E-state index is -0.201. The average Bonchev–Trinajstić information content (AvgIpc) is 1.99. The van der Waals surface area contributed by atoms with E-state index >= 15 is 0 Å². The molecule has 58 valence electrons. The summed E-state index contributed by atoms with van der Waals surface area (Å²) in [4.78, 5) is 0. The van der Waals surface area contributed by atoms with Gasteiger partial charge in [0.15, 0.2) is 0 Å². The van der Waals surface area contributed by atoms with Crippen molar-refractivity contribution in [3.05, 3.63) is 0 Å². The molecule has 0 spiro atoms. The van der Waals surface area contributed by atoms with Gasteiger partial charge in [-0.1, -0.05) is 5.92 Å². The third-order valence-electron chi connectivity index (χ3n) is 1.06. The molecule has 0 bridgehead atoms. The number of ether oxygens (including phenoxy) is 1. The van der Waals surface area contributed by atoms with E-state index < -0.39 is 0 Å². The van der Waals surface area contributed by atoms with Crippen LogP contribution in [0.25, 0.3) is 0 Å². The molecular weight excluding hydrogens is 132 g/mol. The second-order valence-electron chi connectivity index (χ2n) is 1.95. The van der Waals surface area contributed by atoms with E-state index in [0.717, 1.165) is 0 Å². The van der Waals surface area contributed by atoms with Gasteiger partial charge in [-0.05, 0) is 0 Å². The van der Waals surface area contributed by atoms with E-state index in [2.05, 4.69) is 5.92 Å². The molecule has 10 heavy (non-hydrogen) atoms. The van der Waals surface area contributed by atoms with Gasteiger partial charge < -0.3 is 14.9 Å². The largest absolute Gasteiger partial charge is 0.396 e. The van der Waals surface area contributed by atoms with Crippen molar-refractivity contribution >= 4 is 0 Å². The van der Waals surface area contributed by atoms with Gasteiger partial charge in [-0.3, -0.25) is 0 Å². The normalized spacial score (nSPS) is 9.80. The monoisotopic (exact) mass is 144 g/mol. The first kappa shape index (κ1) is 9.44. The predicted octanol–water partition coefficient (Wildman–Crippen LogP) is -0.763. The third-order valence-corrected chi connectivity index (χ3v) is 1.06. The van der Waals surface area contributed by atoms with Gasteiger partial charge in [-0.15, -0.1) is 6.42 Å². The Morgan fingerprint density at radius 1 is 1.40 bits per heavy atom. The molecule has 0 aliphatic rings. The summed E-state index contributed by atoms with van der Waals surface area (Å²) in [5, 5.41) is 17.1. The Balaban J connectivity index is 3.19. The maximum Gasteiger partial charge on any atom is 0.107 e. The van der Waals surface area contributed by atoms with Gasteiger partial charge in [0.2, 0.25) is 0 Å². The van der Waals surface area contributed by atoms with Crippen molar-refractivity contribution < 1.29 is 14.9 Å². The zero-order chi connectivity index (χ0) is 7.82. The smallest absolute Gasteiger partial charge is 0.107 e. The van der Waals surface area contributed by atoms with Gasteiger partial charge in [0.25, 0.3) is 0 Å². The van der Waals surface area contributed by atoms with Crippen LogP contribution in [0.4, 0.5) is 0 Å². The molecule has 0 fully saturated rings. The molecule has 0 aliphatic carbocycles. The number of hydrogen-bond acceptors (Lipinski definition) is 3. The average molecular weight is 144 g/mol. The van der Waals surface area contributed by atoms with E-state index in [4.69, 9.17) is 21.4 Å². The first-order valence-corrected chi connectivity index (χ1v) is 3.08. The van der Waals surface area contributed by atoms with Gasteiger partial charge >= 0.3 is 0 Å². The fourth-order valence-electron chi connectivity index (χ4n) is 0.448. The molecule has 0 atom stereocenters. The molecule has 0 aromatic heterocycles. The van der Waals surface area contributed by atoms with Gasteiger partial charge in [0, 0.05) is 5.92 Å². The van der Waals surface area contributed by atoms with Crippen LogP contribution in [-0.2, 0) is 4.74 Å². The minimum absolute atomic E-state index is 0.0684.